The van der Waals surface area contributed by atoms with Gasteiger partial charge in [0.05, 0.1) is 6.10 Å². The highest BCUT2D eigenvalue weighted by Gasteiger charge is 2.30. The van der Waals surface area contributed by atoms with Gasteiger partial charge in [-0.15, -0.1) is 0 Å². The van der Waals surface area contributed by atoms with Crippen LogP contribution in [0.4, 0.5) is 0 Å². The van der Waals surface area contributed by atoms with Crippen LogP contribution in [0, 0.1) is 0 Å². The third kappa shape index (κ3) is 3.00. The van der Waals surface area contributed by atoms with E-state index in [0.717, 1.165) is 5.56 Å². The Bertz CT molecular complexity index is 522. The summed E-state index contributed by atoms with van der Waals surface area (Å²) in [6.45, 7) is 3.81. The minimum absolute atomic E-state index is 0.0474. The molecular weight excluding hydrogens is 242 g/mol. The van der Waals surface area contributed by atoms with E-state index in [1.807, 2.05) is 44.2 Å². The molecule has 0 spiro atoms. The molecule has 0 bridgehead atoms. The summed E-state index contributed by atoms with van der Waals surface area (Å²) in [6, 6.07) is 9.71. The summed E-state index contributed by atoms with van der Waals surface area (Å²) < 4.78 is 10.5. The predicted octanol–water partition coefficient (Wildman–Crippen LogP) is 1.87. The van der Waals surface area contributed by atoms with Crippen molar-refractivity contribution in [1.82, 2.24) is 10.1 Å². The van der Waals surface area contributed by atoms with Crippen LogP contribution in [0.25, 0.3) is 0 Å². The first-order valence-corrected chi connectivity index (χ1v) is 6.24. The Hall–Kier alpha value is -1.72. The van der Waals surface area contributed by atoms with Gasteiger partial charge in [0, 0.05) is 13.5 Å². The van der Waals surface area contributed by atoms with E-state index < -0.39 is 5.54 Å². The normalized spacial score (nSPS) is 16.0. The van der Waals surface area contributed by atoms with E-state index in [-0.39, 0.29) is 6.10 Å². The van der Waals surface area contributed by atoms with Crippen LogP contribution in [0.2, 0.25) is 0 Å². The standard InChI is InChI=1S/C14H19N3O2/c1-10(18-3)9-12-16-13(19-17-12)14(2,15)11-7-5-4-6-8-11/h4-8,10H,9,15H2,1-3H3. The minimum Gasteiger partial charge on any atom is -0.381 e. The average Bonchev–Trinajstić information content (AvgIpc) is 2.89. The maximum atomic E-state index is 6.31. The van der Waals surface area contributed by atoms with Crippen LogP contribution in [0.15, 0.2) is 34.9 Å². The molecular formula is C14H19N3O2. The molecule has 1 aromatic heterocycles. The van der Waals surface area contributed by atoms with Gasteiger partial charge in [0.25, 0.3) is 5.89 Å². The maximum absolute atomic E-state index is 6.31. The quantitative estimate of drug-likeness (QED) is 0.889. The van der Waals surface area contributed by atoms with Crippen molar-refractivity contribution in [1.29, 1.82) is 0 Å². The first kappa shape index (κ1) is 13.7. The molecule has 0 aliphatic carbocycles. The molecule has 0 saturated carbocycles. The Morgan fingerprint density at radius 3 is 2.68 bits per heavy atom. The van der Waals surface area contributed by atoms with Crippen molar-refractivity contribution in [3.05, 3.63) is 47.6 Å². The van der Waals surface area contributed by atoms with Crippen molar-refractivity contribution in [2.24, 2.45) is 5.73 Å². The lowest BCUT2D eigenvalue weighted by atomic mass is 9.93. The monoisotopic (exact) mass is 261 g/mol. The molecule has 1 heterocycles. The van der Waals surface area contributed by atoms with Gasteiger partial charge in [0.2, 0.25) is 0 Å². The lowest BCUT2D eigenvalue weighted by molar-refractivity contribution is 0.116. The number of methoxy groups -OCH3 is 1. The first-order valence-electron chi connectivity index (χ1n) is 6.24. The van der Waals surface area contributed by atoms with Crippen LogP contribution < -0.4 is 5.73 Å². The molecule has 2 atom stereocenters. The zero-order valence-electron chi connectivity index (χ0n) is 11.5. The Morgan fingerprint density at radius 1 is 1.37 bits per heavy atom. The highest BCUT2D eigenvalue weighted by atomic mass is 16.5. The second-order valence-electron chi connectivity index (χ2n) is 4.83. The molecule has 102 valence electrons. The number of nitrogens with two attached hydrogens (primary N) is 1. The number of hydrogen-bond donors (Lipinski definition) is 1. The Balaban J connectivity index is 2.22. The number of rotatable bonds is 5. The fourth-order valence-electron chi connectivity index (χ4n) is 1.80. The molecule has 1 aromatic carbocycles. The molecule has 5 heteroatoms. The molecule has 0 aliphatic heterocycles. The van der Waals surface area contributed by atoms with Gasteiger partial charge in [-0.1, -0.05) is 35.5 Å². The largest absolute Gasteiger partial charge is 0.381 e. The van der Waals surface area contributed by atoms with Gasteiger partial charge in [-0.3, -0.25) is 0 Å². The van der Waals surface area contributed by atoms with Crippen molar-refractivity contribution in [3.8, 4) is 0 Å². The van der Waals surface area contributed by atoms with E-state index in [0.29, 0.717) is 18.1 Å². The second kappa shape index (κ2) is 5.50. The summed E-state index contributed by atoms with van der Waals surface area (Å²) in [6.07, 6.45) is 0.649. The number of aromatic nitrogens is 2. The predicted molar refractivity (Wildman–Crippen MR) is 71.6 cm³/mol. The van der Waals surface area contributed by atoms with E-state index in [4.69, 9.17) is 15.0 Å². The lowest BCUT2D eigenvalue weighted by Gasteiger charge is -2.20. The Kier molecular flexibility index (Phi) is 3.97. The van der Waals surface area contributed by atoms with Gasteiger partial charge in [-0.25, -0.2) is 0 Å². The van der Waals surface area contributed by atoms with E-state index in [1.165, 1.54) is 0 Å². The SMILES string of the molecule is COC(C)Cc1noc(C(C)(N)c2ccccc2)n1. The molecule has 19 heavy (non-hydrogen) atoms. The fourth-order valence-corrected chi connectivity index (χ4v) is 1.80. The summed E-state index contributed by atoms with van der Waals surface area (Å²) in [5, 5.41) is 3.95. The smallest absolute Gasteiger partial charge is 0.251 e. The molecule has 0 aliphatic rings. The van der Waals surface area contributed by atoms with Gasteiger partial charge in [0.15, 0.2) is 5.82 Å². The number of benzene rings is 1. The molecule has 2 rings (SSSR count). The van der Waals surface area contributed by atoms with Crippen LogP contribution in [0.3, 0.4) is 0 Å². The highest BCUT2D eigenvalue weighted by molar-refractivity contribution is 5.28. The molecule has 0 amide bonds. The summed E-state index contributed by atoms with van der Waals surface area (Å²) in [5.41, 5.74) is 6.45. The third-order valence-electron chi connectivity index (χ3n) is 3.16. The van der Waals surface area contributed by atoms with Crippen molar-refractivity contribution >= 4 is 0 Å². The van der Waals surface area contributed by atoms with E-state index in [1.54, 1.807) is 7.11 Å². The molecule has 0 radical (unpaired) electrons. The van der Waals surface area contributed by atoms with E-state index in [9.17, 15) is 0 Å². The van der Waals surface area contributed by atoms with Crippen molar-refractivity contribution in [2.75, 3.05) is 7.11 Å². The summed E-state index contributed by atoms with van der Waals surface area (Å²) in [7, 11) is 1.66. The van der Waals surface area contributed by atoms with Gasteiger partial charge in [-0.2, -0.15) is 4.98 Å². The zero-order valence-corrected chi connectivity index (χ0v) is 11.5. The van der Waals surface area contributed by atoms with Gasteiger partial charge >= 0.3 is 0 Å². The van der Waals surface area contributed by atoms with Gasteiger partial charge < -0.3 is 15.0 Å². The summed E-state index contributed by atoms with van der Waals surface area (Å²) >= 11 is 0. The molecule has 0 fully saturated rings. The van der Waals surface area contributed by atoms with Crippen molar-refractivity contribution in [3.63, 3.8) is 0 Å². The first-order chi connectivity index (χ1) is 9.04. The minimum atomic E-state index is -0.789. The molecule has 2 aromatic rings. The number of ether oxygens (including phenoxy) is 1. The molecule has 5 nitrogen and oxygen atoms in total. The van der Waals surface area contributed by atoms with Gasteiger partial charge in [-0.05, 0) is 19.4 Å². The number of nitrogens with zero attached hydrogens (tertiary/aromatic N) is 2. The summed E-state index contributed by atoms with van der Waals surface area (Å²) in [4.78, 5) is 4.36. The van der Waals surface area contributed by atoms with Crippen LogP contribution in [-0.2, 0) is 16.7 Å². The topological polar surface area (TPSA) is 74.2 Å². The second-order valence-corrected chi connectivity index (χ2v) is 4.83. The summed E-state index contributed by atoms with van der Waals surface area (Å²) in [5.74, 6) is 1.02. The Labute approximate surface area is 112 Å². The van der Waals surface area contributed by atoms with Crippen LogP contribution in [0.5, 0.6) is 0 Å². The lowest BCUT2D eigenvalue weighted by Crippen LogP contribution is -2.34. The number of hydrogen-bond acceptors (Lipinski definition) is 5. The van der Waals surface area contributed by atoms with E-state index in [2.05, 4.69) is 10.1 Å². The van der Waals surface area contributed by atoms with Gasteiger partial charge in [0.1, 0.15) is 5.54 Å². The third-order valence-corrected chi connectivity index (χ3v) is 3.16. The highest BCUT2D eigenvalue weighted by Crippen LogP contribution is 2.24. The van der Waals surface area contributed by atoms with Crippen LogP contribution in [-0.4, -0.2) is 23.4 Å². The zero-order chi connectivity index (χ0) is 13.9. The molecule has 2 N–H and O–H groups in total. The maximum Gasteiger partial charge on any atom is 0.251 e. The molecule has 0 saturated heterocycles. The average molecular weight is 261 g/mol. The van der Waals surface area contributed by atoms with E-state index >= 15 is 0 Å². The fraction of sp³-hybridized carbons (Fsp3) is 0.429. The van der Waals surface area contributed by atoms with Crippen molar-refractivity contribution in [2.45, 2.75) is 31.9 Å². The Morgan fingerprint density at radius 2 is 2.05 bits per heavy atom. The van der Waals surface area contributed by atoms with Crippen molar-refractivity contribution < 1.29 is 9.26 Å². The molecule has 2 unspecified atom stereocenters. The van der Waals surface area contributed by atoms with Crippen LogP contribution in [0.1, 0.15) is 31.1 Å². The van der Waals surface area contributed by atoms with Crippen LogP contribution >= 0.6 is 0 Å².